The Labute approximate surface area is 244 Å². The molecule has 0 bridgehead atoms. The fraction of sp³-hybridized carbons (Fsp3) is 0.633. The highest BCUT2D eigenvalue weighted by molar-refractivity contribution is 5.98. The lowest BCUT2D eigenvalue weighted by Crippen LogP contribution is -2.55. The Morgan fingerprint density at radius 3 is 1.85 bits per heavy atom. The van der Waals surface area contributed by atoms with Gasteiger partial charge in [0.05, 0.1) is 5.92 Å². The predicted octanol–water partition coefficient (Wildman–Crippen LogP) is 3.33. The number of ether oxygens (including phenoxy) is 1. The zero-order chi connectivity index (χ0) is 31.3. The van der Waals surface area contributed by atoms with Crippen LogP contribution in [0.25, 0.3) is 0 Å². The lowest BCUT2D eigenvalue weighted by Gasteiger charge is -2.27. The van der Waals surface area contributed by atoms with Crippen LogP contribution >= 0.6 is 0 Å². The van der Waals surface area contributed by atoms with E-state index in [9.17, 15) is 24.0 Å². The molecule has 0 aliphatic rings. The lowest BCUT2D eigenvalue weighted by molar-refractivity contribution is -0.150. The predicted molar refractivity (Wildman–Crippen MR) is 158 cm³/mol. The molecule has 0 radical (unpaired) electrons. The van der Waals surface area contributed by atoms with Crippen LogP contribution in [0, 0.1) is 29.6 Å². The first-order valence-electron chi connectivity index (χ1n) is 14.3. The molecule has 5 amide bonds. The van der Waals surface area contributed by atoms with Crippen LogP contribution in [-0.2, 0) is 30.5 Å². The smallest absolute Gasteiger partial charge is 0.312 e. The Balaban J connectivity index is 2.94. The summed E-state index contributed by atoms with van der Waals surface area (Å²) >= 11 is 0. The topological polar surface area (TPSA) is 169 Å². The first kappa shape index (κ1) is 35.4. The van der Waals surface area contributed by atoms with Crippen LogP contribution in [0.15, 0.2) is 24.3 Å². The van der Waals surface area contributed by atoms with Crippen LogP contribution in [0.5, 0.6) is 0 Å². The number of hydrogen-bond acceptors (Lipinski definition) is 6. The van der Waals surface area contributed by atoms with E-state index in [-0.39, 0.29) is 61.0 Å². The number of rotatable bonds is 16. The molecule has 1 aromatic rings. The third-order valence-electron chi connectivity index (χ3n) is 7.24. The number of nitrogens with two attached hydrogens (primary N) is 1. The number of nitrogens with one attached hydrogen (secondary N) is 4. The number of amides is 5. The van der Waals surface area contributed by atoms with E-state index in [0.717, 1.165) is 5.56 Å². The quantitative estimate of drug-likeness (QED) is 0.150. The van der Waals surface area contributed by atoms with Crippen molar-refractivity contribution in [2.45, 2.75) is 86.9 Å². The second-order valence-corrected chi connectivity index (χ2v) is 11.6. The number of anilines is 1. The van der Waals surface area contributed by atoms with Crippen LogP contribution in [-0.4, -0.2) is 48.4 Å². The van der Waals surface area contributed by atoms with Crippen molar-refractivity contribution in [3.05, 3.63) is 29.8 Å². The van der Waals surface area contributed by atoms with Gasteiger partial charge in [0.1, 0.15) is 18.7 Å². The molecule has 0 aliphatic heterocycles. The molecule has 0 fully saturated rings. The summed E-state index contributed by atoms with van der Waals surface area (Å²) in [6.07, 6.45) is 0.602. The number of esters is 1. The third-order valence-corrected chi connectivity index (χ3v) is 7.24. The molecule has 1 aromatic carbocycles. The number of hydrogen-bond donors (Lipinski definition) is 5. The van der Waals surface area contributed by atoms with Crippen LogP contribution in [0.3, 0.4) is 0 Å². The van der Waals surface area contributed by atoms with Crippen LogP contribution in [0.1, 0.15) is 73.8 Å². The highest BCUT2D eigenvalue weighted by Crippen LogP contribution is 2.16. The van der Waals surface area contributed by atoms with Crippen molar-refractivity contribution in [3.63, 3.8) is 0 Å². The van der Waals surface area contributed by atoms with E-state index < -0.39 is 29.9 Å². The molecule has 11 heteroatoms. The molecular weight excluding hydrogens is 526 g/mol. The highest BCUT2D eigenvalue weighted by Gasteiger charge is 2.30. The Hall–Kier alpha value is -3.63. The standard InChI is InChI=1S/C30H49N5O6/c1-17(2)20(7)26(36)35-25(19(5)6)28(38)34-24(10-9-15-32-30(31)40)27(37)33-23-13-11-22(12-14-23)16-41-29(39)21(8)18(3)4/h11-14,17-21,24-25H,9-10,15-16H2,1-8H3,(H,33,37)(H,34,38)(H,35,36)(H3,31,32,40)/t20?,21?,24-,25-/m0/s1. The van der Waals surface area contributed by atoms with Crippen LogP contribution < -0.4 is 27.0 Å². The average molecular weight is 576 g/mol. The summed E-state index contributed by atoms with van der Waals surface area (Å²) < 4.78 is 5.38. The van der Waals surface area contributed by atoms with Gasteiger partial charge in [-0.1, -0.05) is 67.5 Å². The van der Waals surface area contributed by atoms with Crippen molar-refractivity contribution >= 4 is 35.4 Å². The second-order valence-electron chi connectivity index (χ2n) is 11.6. The maximum absolute atomic E-state index is 13.2. The summed E-state index contributed by atoms with van der Waals surface area (Å²) in [7, 11) is 0. The molecule has 0 aliphatic carbocycles. The van der Waals surface area contributed by atoms with Crippen molar-refractivity contribution in [2.24, 2.45) is 35.3 Å². The fourth-order valence-corrected chi connectivity index (χ4v) is 3.64. The number of primary amides is 1. The van der Waals surface area contributed by atoms with Gasteiger partial charge >= 0.3 is 12.0 Å². The van der Waals surface area contributed by atoms with E-state index in [1.165, 1.54) is 0 Å². The molecule has 41 heavy (non-hydrogen) atoms. The maximum atomic E-state index is 13.2. The number of benzene rings is 1. The molecule has 1 rings (SSSR count). The summed E-state index contributed by atoms with van der Waals surface area (Å²) in [5.74, 6) is -1.86. The van der Waals surface area contributed by atoms with Gasteiger partial charge in [0.25, 0.3) is 0 Å². The molecular formula is C30H49N5O6. The summed E-state index contributed by atoms with van der Waals surface area (Å²) in [5.41, 5.74) is 6.39. The van der Waals surface area contributed by atoms with Crippen molar-refractivity contribution in [1.82, 2.24) is 16.0 Å². The van der Waals surface area contributed by atoms with Crippen molar-refractivity contribution in [2.75, 3.05) is 11.9 Å². The largest absolute Gasteiger partial charge is 0.461 e. The molecule has 0 saturated carbocycles. The van der Waals surface area contributed by atoms with Crippen molar-refractivity contribution in [1.29, 1.82) is 0 Å². The van der Waals surface area contributed by atoms with Gasteiger partial charge in [-0.15, -0.1) is 0 Å². The zero-order valence-corrected chi connectivity index (χ0v) is 25.7. The van der Waals surface area contributed by atoms with Gasteiger partial charge in [-0.3, -0.25) is 19.2 Å². The second kappa shape index (κ2) is 17.2. The normalized spacial score (nSPS) is 14.1. The minimum atomic E-state index is -0.934. The van der Waals surface area contributed by atoms with E-state index in [1.807, 2.05) is 48.5 Å². The fourth-order valence-electron chi connectivity index (χ4n) is 3.64. The third kappa shape index (κ3) is 12.6. The molecule has 0 saturated heterocycles. The van der Waals surface area contributed by atoms with E-state index in [0.29, 0.717) is 12.1 Å². The first-order valence-corrected chi connectivity index (χ1v) is 14.3. The van der Waals surface area contributed by atoms with E-state index >= 15 is 0 Å². The molecule has 4 atom stereocenters. The van der Waals surface area contributed by atoms with Crippen LogP contribution in [0.4, 0.5) is 10.5 Å². The van der Waals surface area contributed by atoms with E-state index in [2.05, 4.69) is 21.3 Å². The molecule has 2 unspecified atom stereocenters. The highest BCUT2D eigenvalue weighted by atomic mass is 16.5. The van der Waals surface area contributed by atoms with Gasteiger partial charge in [0.15, 0.2) is 0 Å². The Kier molecular flexibility index (Phi) is 14.9. The molecule has 230 valence electrons. The molecule has 6 N–H and O–H groups in total. The van der Waals surface area contributed by atoms with Gasteiger partial charge < -0.3 is 31.7 Å². The first-order chi connectivity index (χ1) is 19.1. The van der Waals surface area contributed by atoms with Gasteiger partial charge in [-0.25, -0.2) is 4.79 Å². The molecule has 0 spiro atoms. The molecule has 0 aromatic heterocycles. The minimum absolute atomic E-state index is 0.101. The monoisotopic (exact) mass is 575 g/mol. The SMILES string of the molecule is CC(C)C(C)C(=O)N[C@H](C(=O)N[C@@H](CCCNC(N)=O)C(=O)Nc1ccc(COC(=O)C(C)C(C)C)cc1)C(C)C. The van der Waals surface area contributed by atoms with Crippen molar-refractivity contribution < 1.29 is 28.7 Å². The number of carbonyl (C=O) groups excluding carboxylic acids is 5. The molecule has 11 nitrogen and oxygen atoms in total. The van der Waals surface area contributed by atoms with Gasteiger partial charge in [-0.2, -0.15) is 0 Å². The van der Waals surface area contributed by atoms with Crippen LogP contribution in [0.2, 0.25) is 0 Å². The zero-order valence-electron chi connectivity index (χ0n) is 25.7. The number of carbonyl (C=O) groups is 5. The van der Waals surface area contributed by atoms with E-state index in [4.69, 9.17) is 10.5 Å². The van der Waals surface area contributed by atoms with Gasteiger partial charge in [0.2, 0.25) is 17.7 Å². The summed E-state index contributed by atoms with van der Waals surface area (Å²) in [6.45, 7) is 15.4. The summed E-state index contributed by atoms with van der Waals surface area (Å²) in [6, 6.07) is 4.41. The Bertz CT molecular complexity index is 1020. The minimum Gasteiger partial charge on any atom is -0.461 e. The Morgan fingerprint density at radius 2 is 1.34 bits per heavy atom. The van der Waals surface area contributed by atoms with Crippen molar-refractivity contribution in [3.8, 4) is 0 Å². The Morgan fingerprint density at radius 1 is 0.756 bits per heavy atom. The van der Waals surface area contributed by atoms with Gasteiger partial charge in [0, 0.05) is 18.2 Å². The summed E-state index contributed by atoms with van der Waals surface area (Å²) in [4.78, 5) is 62.3. The number of urea groups is 1. The summed E-state index contributed by atoms with van der Waals surface area (Å²) in [5, 5.41) is 10.9. The van der Waals surface area contributed by atoms with E-state index in [1.54, 1.807) is 31.2 Å². The lowest BCUT2D eigenvalue weighted by atomic mass is 9.95. The maximum Gasteiger partial charge on any atom is 0.312 e. The average Bonchev–Trinajstić information content (AvgIpc) is 2.90. The van der Waals surface area contributed by atoms with Gasteiger partial charge in [-0.05, 0) is 48.3 Å². The molecule has 0 heterocycles.